The first kappa shape index (κ1) is 19.2. The summed E-state index contributed by atoms with van der Waals surface area (Å²) in [5, 5.41) is 1.12. The van der Waals surface area contributed by atoms with Gasteiger partial charge in [0.15, 0.2) is 5.78 Å². The second kappa shape index (κ2) is 8.17. The Hall–Kier alpha value is -3.76. The smallest absolute Gasteiger partial charge is 0.193 e. The van der Waals surface area contributed by atoms with Gasteiger partial charge >= 0.3 is 0 Å². The topological polar surface area (TPSA) is 39.2 Å². The molecule has 31 heavy (non-hydrogen) atoms. The molecule has 0 spiro atoms. The van der Waals surface area contributed by atoms with Gasteiger partial charge in [-0.2, -0.15) is 0 Å². The molecule has 2 aromatic heterocycles. The third-order valence-electron chi connectivity index (χ3n) is 5.31. The Balaban J connectivity index is 1.59. The Morgan fingerprint density at radius 2 is 1.48 bits per heavy atom. The van der Waals surface area contributed by atoms with E-state index in [4.69, 9.17) is 4.74 Å². The highest BCUT2D eigenvalue weighted by Gasteiger charge is 2.17. The molecule has 0 fully saturated rings. The third-order valence-corrected chi connectivity index (χ3v) is 6.53. The van der Waals surface area contributed by atoms with Gasteiger partial charge in [0.05, 0.1) is 7.11 Å². The molecule has 0 amide bonds. The Morgan fingerprint density at radius 3 is 2.19 bits per heavy atom. The molecule has 0 N–H and O–H groups in total. The molecule has 3 nitrogen and oxygen atoms in total. The molecular weight excluding hydrogens is 402 g/mol. The van der Waals surface area contributed by atoms with Crippen molar-refractivity contribution in [1.82, 2.24) is 4.98 Å². The average Bonchev–Trinajstić information content (AvgIpc) is 3.24. The van der Waals surface area contributed by atoms with Crippen LogP contribution in [0.2, 0.25) is 0 Å². The number of rotatable bonds is 5. The van der Waals surface area contributed by atoms with Gasteiger partial charge in [-0.1, -0.05) is 66.7 Å². The maximum absolute atomic E-state index is 12.8. The van der Waals surface area contributed by atoms with Crippen LogP contribution in [0, 0.1) is 0 Å². The highest BCUT2D eigenvalue weighted by atomic mass is 32.1. The van der Waals surface area contributed by atoms with Crippen LogP contribution >= 0.6 is 11.3 Å². The van der Waals surface area contributed by atoms with E-state index in [2.05, 4.69) is 17.1 Å². The number of nitrogens with zero attached hydrogens (tertiary/aromatic N) is 1. The zero-order valence-electron chi connectivity index (χ0n) is 16.9. The minimum Gasteiger partial charge on any atom is -0.497 e. The summed E-state index contributed by atoms with van der Waals surface area (Å²) in [5.74, 6) is 0.856. The van der Waals surface area contributed by atoms with Crippen molar-refractivity contribution in [2.45, 2.75) is 0 Å². The fourth-order valence-electron chi connectivity index (χ4n) is 3.72. The van der Waals surface area contributed by atoms with Gasteiger partial charge in [0.1, 0.15) is 5.75 Å². The van der Waals surface area contributed by atoms with E-state index < -0.39 is 0 Å². The second-order valence-electron chi connectivity index (χ2n) is 7.18. The first-order chi connectivity index (χ1) is 15.2. The van der Waals surface area contributed by atoms with Crippen LogP contribution in [0.5, 0.6) is 5.75 Å². The fraction of sp³-hybridized carbons (Fsp3) is 0.0370. The first-order valence-corrected chi connectivity index (χ1v) is 10.8. The number of aromatic nitrogens is 1. The Morgan fingerprint density at radius 1 is 0.806 bits per heavy atom. The number of ether oxygens (including phenoxy) is 1. The number of hydrogen-bond donors (Lipinski definition) is 0. The summed E-state index contributed by atoms with van der Waals surface area (Å²) in [6.07, 6.45) is 3.74. The number of pyridine rings is 1. The fourth-order valence-corrected chi connectivity index (χ4v) is 4.92. The van der Waals surface area contributed by atoms with E-state index in [1.807, 2.05) is 85.2 Å². The lowest BCUT2D eigenvalue weighted by Gasteiger charge is -2.08. The zero-order valence-corrected chi connectivity index (χ0v) is 17.7. The maximum Gasteiger partial charge on any atom is 0.193 e. The van der Waals surface area contributed by atoms with Gasteiger partial charge in [-0.05, 0) is 29.3 Å². The quantitative estimate of drug-likeness (QED) is 0.291. The lowest BCUT2D eigenvalue weighted by atomic mass is 9.97. The molecule has 0 atom stereocenters. The predicted molar refractivity (Wildman–Crippen MR) is 127 cm³/mol. The van der Waals surface area contributed by atoms with E-state index >= 15 is 0 Å². The molecule has 0 saturated carbocycles. The normalized spacial score (nSPS) is 10.9. The van der Waals surface area contributed by atoms with Crippen molar-refractivity contribution in [3.63, 3.8) is 0 Å². The highest BCUT2D eigenvalue weighted by molar-refractivity contribution is 7.23. The summed E-state index contributed by atoms with van der Waals surface area (Å²) in [5.41, 5.74) is 4.72. The van der Waals surface area contributed by atoms with Gasteiger partial charge in [0, 0.05) is 44.0 Å². The van der Waals surface area contributed by atoms with Crippen molar-refractivity contribution in [3.05, 3.63) is 108 Å². The van der Waals surface area contributed by atoms with Crippen LogP contribution in [0.25, 0.3) is 31.7 Å². The van der Waals surface area contributed by atoms with Crippen LogP contribution < -0.4 is 4.74 Å². The van der Waals surface area contributed by atoms with Crippen molar-refractivity contribution in [2.75, 3.05) is 7.11 Å². The van der Waals surface area contributed by atoms with E-state index in [1.165, 1.54) is 4.70 Å². The Labute approximate surface area is 184 Å². The van der Waals surface area contributed by atoms with Crippen LogP contribution in [-0.4, -0.2) is 17.9 Å². The zero-order chi connectivity index (χ0) is 21.2. The molecule has 0 bridgehead atoms. The van der Waals surface area contributed by atoms with Gasteiger partial charge in [-0.25, -0.2) is 0 Å². The third kappa shape index (κ3) is 3.62. The van der Waals surface area contributed by atoms with Crippen molar-refractivity contribution >= 4 is 27.2 Å². The lowest BCUT2D eigenvalue weighted by Crippen LogP contribution is -2.00. The number of hydrogen-bond acceptors (Lipinski definition) is 4. The molecule has 5 aromatic rings. The Kier molecular flexibility index (Phi) is 5.06. The van der Waals surface area contributed by atoms with E-state index in [1.54, 1.807) is 18.4 Å². The van der Waals surface area contributed by atoms with E-state index in [-0.39, 0.29) is 5.78 Å². The number of thiophene rings is 1. The largest absolute Gasteiger partial charge is 0.497 e. The number of carbonyl (C=O) groups is 1. The van der Waals surface area contributed by atoms with Gasteiger partial charge in [-0.15, -0.1) is 11.3 Å². The van der Waals surface area contributed by atoms with E-state index in [0.717, 1.165) is 32.7 Å². The summed E-state index contributed by atoms with van der Waals surface area (Å²) in [6.45, 7) is 0. The molecule has 0 aliphatic heterocycles. The van der Waals surface area contributed by atoms with Gasteiger partial charge < -0.3 is 4.74 Å². The van der Waals surface area contributed by atoms with Crippen LogP contribution in [0.1, 0.15) is 15.9 Å². The SMILES string of the molecule is COc1ccc(-c2c(-c3ccc(C(=O)c4ccccc4)cc3)sc3ccncc23)cc1. The molecule has 0 unspecified atom stereocenters. The Bertz CT molecular complexity index is 1350. The summed E-state index contributed by atoms with van der Waals surface area (Å²) in [7, 11) is 1.67. The predicted octanol–water partition coefficient (Wildman–Crippen LogP) is 6.87. The number of carbonyl (C=O) groups excluding carboxylic acids is 1. The van der Waals surface area contributed by atoms with Gasteiger partial charge in [0.25, 0.3) is 0 Å². The summed E-state index contributed by atoms with van der Waals surface area (Å²) in [6, 6.07) is 27.4. The van der Waals surface area contributed by atoms with Crippen LogP contribution in [-0.2, 0) is 0 Å². The molecule has 4 heteroatoms. The molecule has 150 valence electrons. The maximum atomic E-state index is 12.8. The summed E-state index contributed by atoms with van der Waals surface area (Å²) >= 11 is 1.74. The van der Waals surface area contributed by atoms with Crippen molar-refractivity contribution in [2.24, 2.45) is 0 Å². The van der Waals surface area contributed by atoms with Crippen molar-refractivity contribution in [3.8, 4) is 27.3 Å². The summed E-state index contributed by atoms with van der Waals surface area (Å²) < 4.78 is 6.50. The second-order valence-corrected chi connectivity index (χ2v) is 8.23. The number of benzene rings is 3. The summed E-state index contributed by atoms with van der Waals surface area (Å²) in [4.78, 5) is 18.3. The lowest BCUT2D eigenvalue weighted by molar-refractivity contribution is 0.103. The molecule has 0 aliphatic rings. The minimum absolute atomic E-state index is 0.0306. The number of fused-ring (bicyclic) bond motifs is 1. The monoisotopic (exact) mass is 421 g/mol. The van der Waals surface area contributed by atoms with Crippen LogP contribution in [0.4, 0.5) is 0 Å². The first-order valence-electron chi connectivity index (χ1n) is 9.96. The molecule has 0 saturated heterocycles. The van der Waals surface area contributed by atoms with Gasteiger partial charge in [0.2, 0.25) is 0 Å². The molecule has 2 heterocycles. The van der Waals surface area contributed by atoms with Crippen molar-refractivity contribution < 1.29 is 9.53 Å². The molecular formula is C27H19NO2S. The highest BCUT2D eigenvalue weighted by Crippen LogP contribution is 2.44. The molecule has 0 radical (unpaired) electrons. The van der Waals surface area contributed by atoms with Gasteiger partial charge in [-0.3, -0.25) is 9.78 Å². The van der Waals surface area contributed by atoms with Crippen molar-refractivity contribution in [1.29, 1.82) is 0 Å². The number of ketones is 1. The van der Waals surface area contributed by atoms with Crippen LogP contribution in [0.15, 0.2) is 97.3 Å². The standard InChI is InChI=1S/C27H19NO2S/c1-30-22-13-11-18(12-14-22)25-23-17-28-16-15-24(23)31-27(25)21-9-7-20(8-10-21)26(29)19-5-3-2-4-6-19/h2-17H,1H3. The average molecular weight is 422 g/mol. The minimum atomic E-state index is 0.0306. The number of methoxy groups -OCH3 is 1. The van der Waals surface area contributed by atoms with E-state index in [9.17, 15) is 4.79 Å². The molecule has 5 rings (SSSR count). The van der Waals surface area contributed by atoms with E-state index in [0.29, 0.717) is 11.1 Å². The molecule has 3 aromatic carbocycles. The van der Waals surface area contributed by atoms with Crippen LogP contribution in [0.3, 0.4) is 0 Å². The molecule has 0 aliphatic carbocycles.